The van der Waals surface area contributed by atoms with Crippen LogP contribution in [-0.2, 0) is 17.6 Å². The number of aliphatic imine (C=N–C) groups is 1. The molecule has 6 heteroatoms. The lowest BCUT2D eigenvalue weighted by molar-refractivity contribution is -0.138. The van der Waals surface area contributed by atoms with Gasteiger partial charge in [0.1, 0.15) is 12.4 Å². The first-order valence-electron chi connectivity index (χ1n) is 7.56. The summed E-state index contributed by atoms with van der Waals surface area (Å²) < 4.78 is 5.65. The lowest BCUT2D eigenvalue weighted by Crippen LogP contribution is -2.23. The van der Waals surface area contributed by atoms with Gasteiger partial charge in [0.15, 0.2) is 5.96 Å². The van der Waals surface area contributed by atoms with Gasteiger partial charge in [0.05, 0.1) is 6.54 Å². The highest BCUT2D eigenvalue weighted by Gasteiger charge is 2.19. The molecule has 0 radical (unpaired) electrons. The molecule has 5 N–H and O–H groups in total. The molecule has 0 saturated heterocycles. The van der Waals surface area contributed by atoms with Gasteiger partial charge in [0.25, 0.3) is 0 Å². The fourth-order valence-corrected chi connectivity index (χ4v) is 2.88. The van der Waals surface area contributed by atoms with Crippen molar-refractivity contribution in [2.45, 2.75) is 32.1 Å². The average molecular weight is 305 g/mol. The van der Waals surface area contributed by atoms with Gasteiger partial charge in [0, 0.05) is 6.42 Å². The Morgan fingerprint density at radius 3 is 2.91 bits per heavy atom. The fraction of sp³-hybridized carbons (Fsp3) is 0.500. The van der Waals surface area contributed by atoms with E-state index in [1.54, 1.807) is 0 Å². The third-order valence-electron chi connectivity index (χ3n) is 3.86. The maximum Gasteiger partial charge on any atom is 0.303 e. The van der Waals surface area contributed by atoms with E-state index < -0.39 is 5.97 Å². The number of hydrogen-bond donors (Lipinski definition) is 3. The molecule has 120 valence electrons. The molecule has 0 heterocycles. The number of benzene rings is 1. The summed E-state index contributed by atoms with van der Waals surface area (Å²) in [5.74, 6) is 0.316. The zero-order valence-electron chi connectivity index (χ0n) is 12.6. The van der Waals surface area contributed by atoms with Crippen molar-refractivity contribution in [1.82, 2.24) is 0 Å². The molecule has 2 rings (SSSR count). The number of nitrogens with zero attached hydrogens (tertiary/aromatic N) is 1. The number of aliphatic carboxylic acids is 1. The van der Waals surface area contributed by atoms with E-state index in [0.717, 1.165) is 31.4 Å². The van der Waals surface area contributed by atoms with E-state index in [-0.39, 0.29) is 18.3 Å². The zero-order chi connectivity index (χ0) is 15.9. The summed E-state index contributed by atoms with van der Waals surface area (Å²) in [6.07, 6.45) is 4.03. The lowest BCUT2D eigenvalue weighted by Gasteiger charge is -2.13. The van der Waals surface area contributed by atoms with Gasteiger partial charge in [-0.25, -0.2) is 0 Å². The Bertz CT molecular complexity index is 554. The van der Waals surface area contributed by atoms with E-state index >= 15 is 0 Å². The third-order valence-corrected chi connectivity index (χ3v) is 3.86. The Morgan fingerprint density at radius 1 is 1.36 bits per heavy atom. The van der Waals surface area contributed by atoms with Crippen molar-refractivity contribution in [3.8, 4) is 5.75 Å². The first-order valence-corrected chi connectivity index (χ1v) is 7.56. The van der Waals surface area contributed by atoms with Crippen LogP contribution in [0.4, 0.5) is 0 Å². The molecule has 1 aromatic rings. The van der Waals surface area contributed by atoms with Gasteiger partial charge in [0.2, 0.25) is 0 Å². The number of carbonyl (C=O) groups is 1. The quantitative estimate of drug-likeness (QED) is 0.317. The second-order valence-electron chi connectivity index (χ2n) is 5.65. The normalized spacial score (nSPS) is 17.2. The minimum Gasteiger partial charge on any atom is -0.492 e. The number of rotatable bonds is 6. The molecule has 0 aliphatic heterocycles. The molecule has 6 nitrogen and oxygen atoms in total. The highest BCUT2D eigenvalue weighted by Crippen LogP contribution is 2.29. The minimum atomic E-state index is -0.724. The lowest BCUT2D eigenvalue weighted by atomic mass is 9.94. The van der Waals surface area contributed by atoms with Crippen molar-refractivity contribution in [2.75, 3.05) is 13.2 Å². The van der Waals surface area contributed by atoms with E-state index in [0.29, 0.717) is 13.2 Å². The van der Waals surface area contributed by atoms with E-state index in [4.69, 9.17) is 21.3 Å². The number of carboxylic acid groups (broad SMARTS) is 1. The number of aryl methyl sites for hydroxylation is 1. The van der Waals surface area contributed by atoms with Crippen LogP contribution in [0.15, 0.2) is 23.2 Å². The van der Waals surface area contributed by atoms with E-state index in [1.165, 1.54) is 11.1 Å². The Labute approximate surface area is 130 Å². The third kappa shape index (κ3) is 4.95. The summed E-state index contributed by atoms with van der Waals surface area (Å²) in [4.78, 5) is 14.8. The summed E-state index contributed by atoms with van der Waals surface area (Å²) in [5, 5.41) is 8.99. The Hall–Kier alpha value is -2.24. The van der Waals surface area contributed by atoms with Crippen LogP contribution in [0.5, 0.6) is 5.75 Å². The summed E-state index contributed by atoms with van der Waals surface area (Å²) in [6.45, 7) is 0.830. The largest absolute Gasteiger partial charge is 0.492 e. The molecule has 0 saturated carbocycles. The van der Waals surface area contributed by atoms with Crippen molar-refractivity contribution < 1.29 is 14.6 Å². The zero-order valence-corrected chi connectivity index (χ0v) is 12.6. The average Bonchev–Trinajstić information content (AvgIpc) is 2.63. The number of nitrogens with two attached hydrogens (primary N) is 2. The number of guanidine groups is 1. The Morgan fingerprint density at radius 2 is 2.18 bits per heavy atom. The van der Waals surface area contributed by atoms with Crippen molar-refractivity contribution in [3.05, 3.63) is 29.3 Å². The predicted octanol–water partition coefficient (Wildman–Crippen LogP) is 1.31. The van der Waals surface area contributed by atoms with E-state index in [2.05, 4.69) is 11.1 Å². The monoisotopic (exact) mass is 305 g/mol. The molecular formula is C16H23N3O3. The van der Waals surface area contributed by atoms with Gasteiger partial charge in [-0.1, -0.05) is 6.07 Å². The maximum absolute atomic E-state index is 10.9. The van der Waals surface area contributed by atoms with Gasteiger partial charge in [-0.2, -0.15) is 0 Å². The van der Waals surface area contributed by atoms with Crippen LogP contribution in [0.1, 0.15) is 30.4 Å². The first-order chi connectivity index (χ1) is 10.5. The second-order valence-corrected chi connectivity index (χ2v) is 5.65. The Kier molecular flexibility index (Phi) is 5.63. The molecule has 0 fully saturated rings. The van der Waals surface area contributed by atoms with Crippen LogP contribution in [0, 0.1) is 5.92 Å². The first kappa shape index (κ1) is 16.1. The summed E-state index contributed by atoms with van der Waals surface area (Å²) in [6, 6.07) is 6.05. The number of carboxylic acids is 1. The molecule has 0 aromatic heterocycles. The van der Waals surface area contributed by atoms with Crippen LogP contribution in [0.2, 0.25) is 0 Å². The van der Waals surface area contributed by atoms with Crippen molar-refractivity contribution in [2.24, 2.45) is 22.4 Å². The molecule has 1 unspecified atom stereocenters. The van der Waals surface area contributed by atoms with Crippen molar-refractivity contribution >= 4 is 11.9 Å². The standard InChI is InChI=1S/C16H23N3O3/c17-16(18)19-6-7-22-14-5-4-12-3-1-2-11(9-15(20)21)8-13(12)10-14/h4-5,10-11H,1-3,6-9H2,(H,20,21)(H4,17,18,19). The van der Waals surface area contributed by atoms with Gasteiger partial charge in [-0.3, -0.25) is 9.79 Å². The molecule has 1 aliphatic carbocycles. The van der Waals surface area contributed by atoms with E-state index in [9.17, 15) is 4.79 Å². The van der Waals surface area contributed by atoms with E-state index in [1.807, 2.05) is 12.1 Å². The highest BCUT2D eigenvalue weighted by atomic mass is 16.5. The van der Waals surface area contributed by atoms with Crippen LogP contribution in [0.3, 0.4) is 0 Å². The second kappa shape index (κ2) is 7.68. The summed E-state index contributed by atoms with van der Waals surface area (Å²) in [7, 11) is 0. The van der Waals surface area contributed by atoms with Gasteiger partial charge < -0.3 is 21.3 Å². The van der Waals surface area contributed by atoms with Crippen LogP contribution < -0.4 is 16.2 Å². The molecule has 1 aromatic carbocycles. The predicted molar refractivity (Wildman–Crippen MR) is 85.0 cm³/mol. The number of ether oxygens (including phenoxy) is 1. The maximum atomic E-state index is 10.9. The smallest absolute Gasteiger partial charge is 0.303 e. The molecule has 0 bridgehead atoms. The molecule has 22 heavy (non-hydrogen) atoms. The molecule has 1 atom stereocenters. The summed E-state index contributed by atoms with van der Waals surface area (Å²) >= 11 is 0. The van der Waals surface area contributed by atoms with Gasteiger partial charge in [-0.05, 0) is 54.9 Å². The molecule has 1 aliphatic rings. The van der Waals surface area contributed by atoms with Crippen LogP contribution in [0.25, 0.3) is 0 Å². The Balaban J connectivity index is 2.00. The molecular weight excluding hydrogens is 282 g/mol. The van der Waals surface area contributed by atoms with Crippen molar-refractivity contribution in [1.29, 1.82) is 0 Å². The summed E-state index contributed by atoms with van der Waals surface area (Å²) in [5.41, 5.74) is 13.0. The van der Waals surface area contributed by atoms with Crippen LogP contribution in [-0.4, -0.2) is 30.2 Å². The minimum absolute atomic E-state index is 0.0574. The number of hydrogen-bond acceptors (Lipinski definition) is 3. The van der Waals surface area contributed by atoms with Crippen molar-refractivity contribution in [3.63, 3.8) is 0 Å². The molecule has 0 amide bonds. The SMILES string of the molecule is NC(N)=NCCOc1ccc2c(c1)CC(CC(=O)O)CCC2. The molecule has 0 spiro atoms. The number of fused-ring (bicyclic) bond motifs is 1. The van der Waals surface area contributed by atoms with Gasteiger partial charge in [-0.15, -0.1) is 0 Å². The van der Waals surface area contributed by atoms with Crippen LogP contribution >= 0.6 is 0 Å². The van der Waals surface area contributed by atoms with Gasteiger partial charge >= 0.3 is 5.97 Å². The fourth-order valence-electron chi connectivity index (χ4n) is 2.88. The topological polar surface area (TPSA) is 111 Å². The highest BCUT2D eigenvalue weighted by molar-refractivity contribution is 5.75.